The lowest BCUT2D eigenvalue weighted by atomic mass is 10.1. The Hall–Kier alpha value is -1.81. The molecule has 3 rings (SSSR count). The molecule has 1 aliphatic rings. The minimum atomic E-state index is 0.212. The van der Waals surface area contributed by atoms with Gasteiger partial charge in [0.2, 0.25) is 5.95 Å². The number of fused-ring (bicyclic) bond motifs is 1. The molecule has 0 unspecified atom stereocenters. The Balaban J connectivity index is 2.09. The smallest absolute Gasteiger partial charge is 0.223 e. The molecule has 5 heteroatoms. The number of hydrogen-bond donors (Lipinski definition) is 1. The summed E-state index contributed by atoms with van der Waals surface area (Å²) in [5.74, 6) is 0.982. The Morgan fingerprint density at radius 1 is 1.16 bits per heavy atom. The van der Waals surface area contributed by atoms with E-state index in [9.17, 15) is 0 Å². The number of nitrogens with zero attached hydrogens (tertiary/aromatic N) is 3. The Bertz CT molecular complexity index is 579. The molecular weight excluding hydrogens is 260 g/mol. The molecule has 0 aliphatic carbocycles. The number of anilines is 3. The molecule has 1 aromatic heterocycles. The molecule has 4 nitrogen and oxygen atoms in total. The van der Waals surface area contributed by atoms with Crippen molar-refractivity contribution in [3.63, 3.8) is 0 Å². The van der Waals surface area contributed by atoms with E-state index >= 15 is 0 Å². The largest absolute Gasteiger partial charge is 0.368 e. The molecule has 1 aromatic carbocycles. The van der Waals surface area contributed by atoms with Crippen molar-refractivity contribution >= 4 is 29.1 Å². The number of benzene rings is 1. The average molecular weight is 275 g/mol. The second-order valence-corrected chi connectivity index (χ2v) is 5.03. The zero-order valence-electron chi connectivity index (χ0n) is 10.5. The normalized spacial score (nSPS) is 14.9. The van der Waals surface area contributed by atoms with Gasteiger partial charge >= 0.3 is 0 Å². The summed E-state index contributed by atoms with van der Waals surface area (Å²) in [7, 11) is 0. The molecule has 0 saturated heterocycles. The summed E-state index contributed by atoms with van der Waals surface area (Å²) in [5.41, 5.74) is 8.22. The number of aromatic nitrogens is 2. The number of hydrogen-bond acceptors (Lipinski definition) is 4. The third-order valence-electron chi connectivity index (χ3n) is 3.34. The van der Waals surface area contributed by atoms with Crippen LogP contribution in [0.25, 0.3) is 0 Å². The van der Waals surface area contributed by atoms with Crippen LogP contribution in [0.15, 0.2) is 30.3 Å². The molecule has 0 saturated carbocycles. The lowest BCUT2D eigenvalue weighted by molar-refractivity contribution is 0.757. The van der Waals surface area contributed by atoms with Crippen molar-refractivity contribution in [1.82, 2.24) is 9.97 Å². The fourth-order valence-corrected chi connectivity index (χ4v) is 2.67. The van der Waals surface area contributed by atoms with Crippen LogP contribution in [0.2, 0.25) is 5.15 Å². The highest BCUT2D eigenvalue weighted by Gasteiger charge is 2.18. The Morgan fingerprint density at radius 2 is 2.00 bits per heavy atom. The second-order valence-electron chi connectivity index (χ2n) is 4.64. The molecule has 1 aliphatic heterocycles. The van der Waals surface area contributed by atoms with Gasteiger partial charge in [0.05, 0.1) is 0 Å². The average Bonchev–Trinajstić information content (AvgIpc) is 2.59. The molecule has 19 heavy (non-hydrogen) atoms. The lowest BCUT2D eigenvalue weighted by Crippen LogP contribution is -2.19. The van der Waals surface area contributed by atoms with Crippen molar-refractivity contribution in [3.05, 3.63) is 41.0 Å². The minimum Gasteiger partial charge on any atom is -0.368 e. The van der Waals surface area contributed by atoms with Gasteiger partial charge in [-0.15, -0.1) is 0 Å². The predicted octanol–water partition coefficient (Wildman–Crippen LogP) is 3.19. The number of para-hydroxylation sites is 1. The van der Waals surface area contributed by atoms with E-state index in [0.29, 0.717) is 5.15 Å². The topological polar surface area (TPSA) is 55.0 Å². The van der Waals surface area contributed by atoms with Crippen LogP contribution in [-0.2, 0) is 6.42 Å². The van der Waals surface area contributed by atoms with Crippen LogP contribution in [-0.4, -0.2) is 16.5 Å². The van der Waals surface area contributed by atoms with Gasteiger partial charge in [-0.3, -0.25) is 0 Å². The number of nitrogen functional groups attached to an aromatic ring is 1. The molecule has 2 N–H and O–H groups in total. The van der Waals surface area contributed by atoms with E-state index in [1.165, 1.54) is 17.7 Å². The van der Waals surface area contributed by atoms with Gasteiger partial charge in [-0.2, -0.15) is 4.98 Å². The Labute approximate surface area is 117 Å². The standard InChI is InChI=1S/C14H15ClN4/c15-12-9-13(18-14(16)17-12)19-8-4-3-6-10-5-1-2-7-11(10)19/h1-2,5,7,9H,3-4,6,8H2,(H2,16,17,18). The van der Waals surface area contributed by atoms with Crippen LogP contribution in [0.4, 0.5) is 17.5 Å². The summed E-state index contributed by atoms with van der Waals surface area (Å²) in [6, 6.07) is 10.2. The van der Waals surface area contributed by atoms with Crippen molar-refractivity contribution in [2.24, 2.45) is 0 Å². The molecule has 0 bridgehead atoms. The molecule has 0 fully saturated rings. The van der Waals surface area contributed by atoms with Gasteiger partial charge in [0.25, 0.3) is 0 Å². The van der Waals surface area contributed by atoms with Crippen molar-refractivity contribution in [2.75, 3.05) is 17.2 Å². The lowest BCUT2D eigenvalue weighted by Gasteiger charge is -2.24. The zero-order chi connectivity index (χ0) is 13.2. The highest BCUT2D eigenvalue weighted by molar-refractivity contribution is 6.29. The molecule has 0 spiro atoms. The first-order valence-corrected chi connectivity index (χ1v) is 6.77. The summed E-state index contributed by atoms with van der Waals surface area (Å²) in [4.78, 5) is 10.4. The fraction of sp³-hybridized carbons (Fsp3) is 0.286. The molecule has 0 amide bonds. The number of nitrogens with two attached hydrogens (primary N) is 1. The Kier molecular flexibility index (Phi) is 3.25. The van der Waals surface area contributed by atoms with Gasteiger partial charge in [0.15, 0.2) is 0 Å². The molecule has 2 heterocycles. The molecule has 2 aromatic rings. The van der Waals surface area contributed by atoms with Crippen LogP contribution in [0, 0.1) is 0 Å². The minimum absolute atomic E-state index is 0.212. The van der Waals surface area contributed by atoms with Crippen LogP contribution in [0.3, 0.4) is 0 Å². The van der Waals surface area contributed by atoms with Crippen molar-refractivity contribution < 1.29 is 0 Å². The first-order chi connectivity index (χ1) is 9.24. The maximum Gasteiger partial charge on any atom is 0.223 e. The SMILES string of the molecule is Nc1nc(Cl)cc(N2CCCCc3ccccc32)n1. The van der Waals surface area contributed by atoms with Gasteiger partial charge in [0.1, 0.15) is 11.0 Å². The van der Waals surface area contributed by atoms with E-state index in [1.54, 1.807) is 6.07 Å². The van der Waals surface area contributed by atoms with Crippen molar-refractivity contribution in [3.8, 4) is 0 Å². The highest BCUT2D eigenvalue weighted by Crippen LogP contribution is 2.32. The quantitative estimate of drug-likeness (QED) is 0.812. The maximum absolute atomic E-state index is 5.98. The van der Waals surface area contributed by atoms with E-state index in [2.05, 4.69) is 33.1 Å². The monoisotopic (exact) mass is 274 g/mol. The first kappa shape index (κ1) is 12.2. The summed E-state index contributed by atoms with van der Waals surface area (Å²) in [6.07, 6.45) is 3.40. The molecule has 0 radical (unpaired) electrons. The molecular formula is C14H15ClN4. The number of halogens is 1. The second kappa shape index (κ2) is 5.05. The van der Waals surface area contributed by atoms with Gasteiger partial charge in [-0.25, -0.2) is 4.98 Å². The molecule has 98 valence electrons. The maximum atomic E-state index is 5.98. The van der Waals surface area contributed by atoms with Crippen LogP contribution < -0.4 is 10.6 Å². The molecule has 0 atom stereocenters. The third-order valence-corrected chi connectivity index (χ3v) is 3.53. The summed E-state index contributed by atoms with van der Waals surface area (Å²) in [6.45, 7) is 0.920. The van der Waals surface area contributed by atoms with Crippen molar-refractivity contribution in [1.29, 1.82) is 0 Å². The summed E-state index contributed by atoms with van der Waals surface area (Å²) >= 11 is 5.98. The summed E-state index contributed by atoms with van der Waals surface area (Å²) in [5, 5.41) is 0.379. The van der Waals surface area contributed by atoms with E-state index in [-0.39, 0.29) is 5.95 Å². The van der Waals surface area contributed by atoms with Gasteiger partial charge in [0, 0.05) is 18.3 Å². The number of rotatable bonds is 1. The summed E-state index contributed by atoms with van der Waals surface area (Å²) < 4.78 is 0. The van der Waals surface area contributed by atoms with Crippen molar-refractivity contribution in [2.45, 2.75) is 19.3 Å². The number of aryl methyl sites for hydroxylation is 1. The highest BCUT2D eigenvalue weighted by atomic mass is 35.5. The third kappa shape index (κ3) is 2.49. The van der Waals surface area contributed by atoms with E-state index in [4.69, 9.17) is 17.3 Å². The van der Waals surface area contributed by atoms with Crippen LogP contribution >= 0.6 is 11.6 Å². The van der Waals surface area contributed by atoms with Crippen LogP contribution in [0.5, 0.6) is 0 Å². The fourth-order valence-electron chi connectivity index (χ4n) is 2.49. The Morgan fingerprint density at radius 3 is 2.84 bits per heavy atom. The van der Waals surface area contributed by atoms with Gasteiger partial charge < -0.3 is 10.6 Å². The first-order valence-electron chi connectivity index (χ1n) is 6.39. The predicted molar refractivity (Wildman–Crippen MR) is 77.8 cm³/mol. The zero-order valence-corrected chi connectivity index (χ0v) is 11.3. The van der Waals surface area contributed by atoms with Gasteiger partial charge in [-0.05, 0) is 30.9 Å². The van der Waals surface area contributed by atoms with E-state index in [1.807, 2.05) is 6.07 Å². The van der Waals surface area contributed by atoms with E-state index < -0.39 is 0 Å². The van der Waals surface area contributed by atoms with Crippen LogP contribution in [0.1, 0.15) is 18.4 Å². The van der Waals surface area contributed by atoms with Gasteiger partial charge in [-0.1, -0.05) is 29.8 Å². The van der Waals surface area contributed by atoms with E-state index in [0.717, 1.165) is 25.2 Å².